The van der Waals surface area contributed by atoms with Gasteiger partial charge in [0.25, 0.3) is 5.91 Å². The summed E-state index contributed by atoms with van der Waals surface area (Å²) in [5.41, 5.74) is 0. The first kappa shape index (κ1) is 16.8. The average molecular weight is 346 g/mol. The first-order chi connectivity index (χ1) is 11.8. The Balaban J connectivity index is 1.66. The number of carbonyl (C=O) groups is 1. The molecule has 1 heterocycles. The zero-order chi connectivity index (χ0) is 16.8. The van der Waals surface area contributed by atoms with Crippen LogP contribution in [0, 0.1) is 0 Å². The van der Waals surface area contributed by atoms with Gasteiger partial charge < -0.3 is 9.47 Å². The van der Waals surface area contributed by atoms with E-state index in [1.165, 1.54) is 30.6 Å². The van der Waals surface area contributed by atoms with Crippen LogP contribution in [0.2, 0.25) is 0 Å². The Labute approximate surface area is 146 Å². The number of aromatic nitrogens is 1. The van der Waals surface area contributed by atoms with Gasteiger partial charge in [-0.05, 0) is 37.1 Å². The quantitative estimate of drug-likeness (QED) is 0.796. The smallest absolute Gasteiger partial charge is 0.266 e. The highest BCUT2D eigenvalue weighted by atomic mass is 32.1. The third-order valence-corrected chi connectivity index (χ3v) is 5.03. The van der Waals surface area contributed by atoms with Crippen LogP contribution in [0.25, 0.3) is 0 Å². The van der Waals surface area contributed by atoms with E-state index in [0.29, 0.717) is 5.75 Å². The van der Waals surface area contributed by atoms with Crippen LogP contribution in [0.3, 0.4) is 0 Å². The van der Waals surface area contributed by atoms with Crippen LogP contribution in [0.5, 0.6) is 11.5 Å². The Bertz CT molecular complexity index is 637. The molecule has 1 aromatic heterocycles. The standard InChI is InChI=1S/C18H22N2O3S/c1-22-15-7-9-16(10-8-15)23-13-17(21)20(18-19-11-12-24-18)14-5-3-2-4-6-14/h7-12,14H,2-6,13H2,1H3. The molecule has 0 aliphatic heterocycles. The van der Waals surface area contributed by atoms with Crippen LogP contribution >= 0.6 is 11.3 Å². The lowest BCUT2D eigenvalue weighted by molar-refractivity contribution is -0.121. The van der Waals surface area contributed by atoms with Crippen molar-refractivity contribution in [3.63, 3.8) is 0 Å². The molecular weight excluding hydrogens is 324 g/mol. The highest BCUT2D eigenvalue weighted by Crippen LogP contribution is 2.29. The molecule has 0 radical (unpaired) electrons. The molecule has 24 heavy (non-hydrogen) atoms. The van der Waals surface area contributed by atoms with Gasteiger partial charge in [0.05, 0.1) is 7.11 Å². The monoisotopic (exact) mass is 346 g/mol. The number of amides is 1. The van der Waals surface area contributed by atoms with Crippen molar-refractivity contribution in [2.75, 3.05) is 18.6 Å². The summed E-state index contributed by atoms with van der Waals surface area (Å²) in [5, 5.41) is 2.67. The van der Waals surface area contributed by atoms with Gasteiger partial charge in [0.1, 0.15) is 11.5 Å². The number of methoxy groups -OCH3 is 1. The maximum Gasteiger partial charge on any atom is 0.266 e. The average Bonchev–Trinajstić information content (AvgIpc) is 3.15. The summed E-state index contributed by atoms with van der Waals surface area (Å²) >= 11 is 1.50. The minimum Gasteiger partial charge on any atom is -0.497 e. The van der Waals surface area contributed by atoms with Crippen molar-refractivity contribution in [2.45, 2.75) is 38.1 Å². The van der Waals surface area contributed by atoms with E-state index in [1.54, 1.807) is 25.4 Å². The van der Waals surface area contributed by atoms with Crippen LogP contribution in [-0.4, -0.2) is 30.6 Å². The molecule has 1 fully saturated rings. The van der Waals surface area contributed by atoms with Crippen molar-refractivity contribution < 1.29 is 14.3 Å². The topological polar surface area (TPSA) is 51.7 Å². The SMILES string of the molecule is COc1ccc(OCC(=O)N(c2nccs2)C2CCCCC2)cc1. The van der Waals surface area contributed by atoms with E-state index in [4.69, 9.17) is 9.47 Å². The third-order valence-electron chi connectivity index (χ3n) is 4.26. The highest BCUT2D eigenvalue weighted by molar-refractivity contribution is 7.13. The summed E-state index contributed by atoms with van der Waals surface area (Å²) in [6.45, 7) is 0.0163. The lowest BCUT2D eigenvalue weighted by Gasteiger charge is -2.32. The van der Waals surface area contributed by atoms with Crippen molar-refractivity contribution in [1.82, 2.24) is 4.98 Å². The number of ether oxygens (including phenoxy) is 2. The van der Waals surface area contributed by atoms with Gasteiger partial charge in [0.2, 0.25) is 0 Å². The minimum absolute atomic E-state index is 0.0163. The summed E-state index contributed by atoms with van der Waals surface area (Å²) in [5.74, 6) is 1.39. The number of thiazole rings is 1. The Morgan fingerprint density at radius 3 is 2.54 bits per heavy atom. The predicted molar refractivity (Wildman–Crippen MR) is 95.0 cm³/mol. The zero-order valence-corrected chi connectivity index (χ0v) is 14.6. The first-order valence-electron chi connectivity index (χ1n) is 8.26. The van der Waals surface area contributed by atoms with Crippen LogP contribution in [0.4, 0.5) is 5.13 Å². The fourth-order valence-corrected chi connectivity index (χ4v) is 3.76. The van der Waals surface area contributed by atoms with Crippen molar-refractivity contribution in [1.29, 1.82) is 0 Å². The molecule has 128 valence electrons. The maximum absolute atomic E-state index is 12.8. The van der Waals surface area contributed by atoms with Gasteiger partial charge in [0, 0.05) is 17.6 Å². The molecule has 1 saturated carbocycles. The van der Waals surface area contributed by atoms with Crippen LogP contribution in [0.15, 0.2) is 35.8 Å². The van der Waals surface area contributed by atoms with Crippen molar-refractivity contribution in [2.24, 2.45) is 0 Å². The van der Waals surface area contributed by atoms with Crippen LogP contribution in [0.1, 0.15) is 32.1 Å². The second-order valence-electron chi connectivity index (χ2n) is 5.83. The van der Waals surface area contributed by atoms with Gasteiger partial charge in [-0.3, -0.25) is 9.69 Å². The molecule has 1 aliphatic carbocycles. The van der Waals surface area contributed by atoms with Gasteiger partial charge in [0.15, 0.2) is 11.7 Å². The number of hydrogen-bond donors (Lipinski definition) is 0. The molecule has 1 amide bonds. The molecule has 0 N–H and O–H groups in total. The molecule has 0 atom stereocenters. The molecule has 3 rings (SSSR count). The number of rotatable bonds is 6. The highest BCUT2D eigenvalue weighted by Gasteiger charge is 2.28. The second kappa shape index (κ2) is 8.15. The Morgan fingerprint density at radius 2 is 1.92 bits per heavy atom. The molecule has 0 bridgehead atoms. The molecule has 1 aliphatic rings. The molecular formula is C18H22N2O3S. The van der Waals surface area contributed by atoms with Gasteiger partial charge in [-0.2, -0.15) is 0 Å². The largest absolute Gasteiger partial charge is 0.497 e. The summed E-state index contributed by atoms with van der Waals surface area (Å²) in [7, 11) is 1.62. The fourth-order valence-electron chi connectivity index (χ4n) is 3.03. The number of anilines is 1. The molecule has 2 aromatic rings. The lowest BCUT2D eigenvalue weighted by atomic mass is 9.94. The molecule has 6 heteroatoms. The molecule has 5 nitrogen and oxygen atoms in total. The summed E-state index contributed by atoms with van der Waals surface area (Å²) in [4.78, 5) is 19.0. The van der Waals surface area contributed by atoms with Crippen molar-refractivity contribution in [3.8, 4) is 11.5 Å². The van der Waals surface area contributed by atoms with E-state index in [2.05, 4.69) is 4.98 Å². The second-order valence-corrected chi connectivity index (χ2v) is 6.71. The van der Waals surface area contributed by atoms with Gasteiger partial charge in [-0.1, -0.05) is 19.3 Å². The van der Waals surface area contributed by atoms with Crippen molar-refractivity contribution >= 4 is 22.4 Å². The summed E-state index contributed by atoms with van der Waals surface area (Å²) in [6.07, 6.45) is 7.40. The van der Waals surface area contributed by atoms with Crippen molar-refractivity contribution in [3.05, 3.63) is 35.8 Å². The van der Waals surface area contributed by atoms with E-state index >= 15 is 0 Å². The van der Waals surface area contributed by atoms with Gasteiger partial charge >= 0.3 is 0 Å². The van der Waals surface area contributed by atoms with Crippen LogP contribution < -0.4 is 14.4 Å². The number of nitrogens with zero attached hydrogens (tertiary/aromatic N) is 2. The zero-order valence-electron chi connectivity index (χ0n) is 13.8. The van der Waals surface area contributed by atoms with E-state index < -0.39 is 0 Å². The Kier molecular flexibility index (Phi) is 5.69. The number of benzene rings is 1. The summed E-state index contributed by atoms with van der Waals surface area (Å²) < 4.78 is 10.8. The molecule has 0 unspecified atom stereocenters. The minimum atomic E-state index is -0.0346. The fraction of sp³-hybridized carbons (Fsp3) is 0.444. The van der Waals surface area contributed by atoms with E-state index in [0.717, 1.165) is 23.7 Å². The molecule has 1 aromatic carbocycles. The molecule has 0 saturated heterocycles. The first-order valence-corrected chi connectivity index (χ1v) is 9.14. The molecule has 0 spiro atoms. The van der Waals surface area contributed by atoms with Gasteiger partial charge in [-0.15, -0.1) is 11.3 Å². The van der Waals surface area contributed by atoms with Crippen LogP contribution in [-0.2, 0) is 4.79 Å². The number of carbonyl (C=O) groups excluding carboxylic acids is 1. The Morgan fingerprint density at radius 1 is 1.21 bits per heavy atom. The van der Waals surface area contributed by atoms with E-state index in [1.807, 2.05) is 22.4 Å². The normalized spacial score (nSPS) is 15.0. The van der Waals surface area contributed by atoms with E-state index in [-0.39, 0.29) is 18.6 Å². The lowest BCUT2D eigenvalue weighted by Crippen LogP contribution is -2.44. The van der Waals surface area contributed by atoms with E-state index in [9.17, 15) is 4.79 Å². The van der Waals surface area contributed by atoms with Gasteiger partial charge in [-0.25, -0.2) is 4.98 Å². The summed E-state index contributed by atoms with van der Waals surface area (Å²) in [6, 6.07) is 7.48. The Hall–Kier alpha value is -2.08. The third kappa shape index (κ3) is 4.06. The number of hydrogen-bond acceptors (Lipinski definition) is 5. The maximum atomic E-state index is 12.8. The predicted octanol–water partition coefficient (Wildman–Crippen LogP) is 3.90.